The van der Waals surface area contributed by atoms with Gasteiger partial charge in [-0.05, 0) is 30.7 Å². The monoisotopic (exact) mass is 240 g/mol. The lowest BCUT2D eigenvalue weighted by atomic mass is 9.91. The van der Waals surface area contributed by atoms with Gasteiger partial charge in [0.1, 0.15) is 0 Å². The van der Waals surface area contributed by atoms with Crippen molar-refractivity contribution in [2.45, 2.75) is 39.5 Å². The SMILES string of the molecule is CCc1cccc(-c2cccc(C(C)(C)C)n2)n1. The van der Waals surface area contributed by atoms with Gasteiger partial charge in [0.25, 0.3) is 0 Å². The lowest BCUT2D eigenvalue weighted by Crippen LogP contribution is -2.13. The zero-order valence-electron chi connectivity index (χ0n) is 11.6. The number of aromatic nitrogens is 2. The first-order valence-electron chi connectivity index (χ1n) is 6.44. The highest BCUT2D eigenvalue weighted by Gasteiger charge is 2.16. The number of aryl methyl sites for hydroxylation is 1. The molecule has 18 heavy (non-hydrogen) atoms. The van der Waals surface area contributed by atoms with E-state index in [-0.39, 0.29) is 5.41 Å². The molecule has 0 fully saturated rings. The zero-order valence-corrected chi connectivity index (χ0v) is 11.6. The van der Waals surface area contributed by atoms with Crippen LogP contribution in [-0.4, -0.2) is 9.97 Å². The van der Waals surface area contributed by atoms with Crippen molar-refractivity contribution in [2.75, 3.05) is 0 Å². The summed E-state index contributed by atoms with van der Waals surface area (Å²) in [6, 6.07) is 12.3. The summed E-state index contributed by atoms with van der Waals surface area (Å²) in [7, 11) is 0. The fourth-order valence-corrected chi connectivity index (χ4v) is 1.81. The highest BCUT2D eigenvalue weighted by Crippen LogP contribution is 2.23. The van der Waals surface area contributed by atoms with Gasteiger partial charge in [-0.1, -0.05) is 39.8 Å². The molecule has 0 spiro atoms. The largest absolute Gasteiger partial charge is 0.251 e. The smallest absolute Gasteiger partial charge is 0.0889 e. The van der Waals surface area contributed by atoms with Gasteiger partial charge in [-0.3, -0.25) is 9.97 Å². The average molecular weight is 240 g/mol. The maximum atomic E-state index is 4.73. The minimum atomic E-state index is 0.0678. The van der Waals surface area contributed by atoms with Crippen LogP contribution in [0.2, 0.25) is 0 Å². The number of hydrogen-bond donors (Lipinski definition) is 0. The fourth-order valence-electron chi connectivity index (χ4n) is 1.81. The van der Waals surface area contributed by atoms with Crippen LogP contribution in [0.3, 0.4) is 0 Å². The zero-order chi connectivity index (χ0) is 13.2. The second-order valence-electron chi connectivity index (χ2n) is 5.53. The Balaban J connectivity index is 2.44. The van der Waals surface area contributed by atoms with E-state index in [0.29, 0.717) is 0 Å². The van der Waals surface area contributed by atoms with Crippen LogP contribution in [0.15, 0.2) is 36.4 Å². The van der Waals surface area contributed by atoms with Crippen molar-refractivity contribution in [2.24, 2.45) is 0 Å². The van der Waals surface area contributed by atoms with Gasteiger partial charge in [0, 0.05) is 16.8 Å². The van der Waals surface area contributed by atoms with Crippen molar-refractivity contribution in [1.82, 2.24) is 9.97 Å². The van der Waals surface area contributed by atoms with Gasteiger partial charge in [0.15, 0.2) is 0 Å². The molecule has 2 heteroatoms. The molecular formula is C16H20N2. The minimum absolute atomic E-state index is 0.0678. The molecule has 0 aliphatic heterocycles. The Labute approximate surface area is 109 Å². The highest BCUT2D eigenvalue weighted by molar-refractivity contribution is 5.54. The van der Waals surface area contributed by atoms with Gasteiger partial charge in [0.2, 0.25) is 0 Å². The lowest BCUT2D eigenvalue weighted by Gasteiger charge is -2.18. The van der Waals surface area contributed by atoms with Crippen molar-refractivity contribution in [1.29, 1.82) is 0 Å². The maximum absolute atomic E-state index is 4.73. The summed E-state index contributed by atoms with van der Waals surface area (Å²) in [5, 5.41) is 0. The second-order valence-corrected chi connectivity index (χ2v) is 5.53. The van der Waals surface area contributed by atoms with E-state index in [4.69, 9.17) is 4.98 Å². The Morgan fingerprint density at radius 2 is 1.50 bits per heavy atom. The molecule has 0 saturated heterocycles. The maximum Gasteiger partial charge on any atom is 0.0889 e. The quantitative estimate of drug-likeness (QED) is 0.792. The lowest BCUT2D eigenvalue weighted by molar-refractivity contribution is 0.569. The van der Waals surface area contributed by atoms with E-state index in [1.54, 1.807) is 0 Å². The summed E-state index contributed by atoms with van der Waals surface area (Å²) in [5.74, 6) is 0. The van der Waals surface area contributed by atoms with Crippen molar-refractivity contribution >= 4 is 0 Å². The van der Waals surface area contributed by atoms with Gasteiger partial charge in [0.05, 0.1) is 11.4 Å². The molecule has 0 aromatic carbocycles. The molecule has 2 heterocycles. The van der Waals surface area contributed by atoms with E-state index in [2.05, 4.69) is 50.9 Å². The van der Waals surface area contributed by atoms with Crippen molar-refractivity contribution < 1.29 is 0 Å². The number of nitrogens with zero attached hydrogens (tertiary/aromatic N) is 2. The Morgan fingerprint density at radius 1 is 0.889 bits per heavy atom. The molecule has 0 radical (unpaired) electrons. The van der Waals surface area contributed by atoms with E-state index in [9.17, 15) is 0 Å². The van der Waals surface area contributed by atoms with Crippen LogP contribution in [0, 0.1) is 0 Å². The number of hydrogen-bond acceptors (Lipinski definition) is 2. The van der Waals surface area contributed by atoms with Crippen molar-refractivity contribution in [3.05, 3.63) is 47.8 Å². The first-order valence-corrected chi connectivity index (χ1v) is 6.44. The molecule has 0 atom stereocenters. The van der Waals surface area contributed by atoms with E-state index in [1.807, 2.05) is 18.2 Å². The van der Waals surface area contributed by atoms with Crippen LogP contribution in [0.25, 0.3) is 11.4 Å². The van der Waals surface area contributed by atoms with Crippen LogP contribution in [-0.2, 0) is 11.8 Å². The molecule has 2 rings (SSSR count). The molecule has 0 saturated carbocycles. The molecular weight excluding hydrogens is 220 g/mol. The van der Waals surface area contributed by atoms with Crippen molar-refractivity contribution in [3.8, 4) is 11.4 Å². The van der Waals surface area contributed by atoms with Gasteiger partial charge in [-0.2, -0.15) is 0 Å². The summed E-state index contributed by atoms with van der Waals surface area (Å²) in [6.07, 6.45) is 0.951. The molecule has 0 unspecified atom stereocenters. The Hall–Kier alpha value is -1.70. The summed E-state index contributed by atoms with van der Waals surface area (Å²) in [6.45, 7) is 8.64. The molecule has 0 bridgehead atoms. The molecule has 94 valence electrons. The van der Waals surface area contributed by atoms with E-state index in [1.165, 1.54) is 0 Å². The minimum Gasteiger partial charge on any atom is -0.251 e. The van der Waals surface area contributed by atoms with Crippen LogP contribution in [0.5, 0.6) is 0 Å². The summed E-state index contributed by atoms with van der Waals surface area (Å²) >= 11 is 0. The standard InChI is InChI=1S/C16H20N2/c1-5-12-8-6-9-13(17-12)14-10-7-11-15(18-14)16(2,3)4/h6-11H,5H2,1-4H3. The number of rotatable bonds is 2. The molecule has 0 aliphatic carbocycles. The van der Waals surface area contributed by atoms with Crippen LogP contribution in [0.1, 0.15) is 39.1 Å². The topological polar surface area (TPSA) is 25.8 Å². The van der Waals surface area contributed by atoms with Crippen molar-refractivity contribution in [3.63, 3.8) is 0 Å². The van der Waals surface area contributed by atoms with Gasteiger partial charge < -0.3 is 0 Å². The number of pyridine rings is 2. The first kappa shape index (κ1) is 12.7. The molecule has 2 aromatic heterocycles. The van der Waals surface area contributed by atoms with Gasteiger partial charge in [-0.25, -0.2) is 0 Å². The molecule has 2 aromatic rings. The molecule has 0 N–H and O–H groups in total. The Morgan fingerprint density at radius 3 is 2.11 bits per heavy atom. The van der Waals surface area contributed by atoms with E-state index < -0.39 is 0 Å². The third-order valence-electron chi connectivity index (χ3n) is 2.95. The molecule has 0 amide bonds. The Bertz CT molecular complexity index is 539. The molecule has 0 aliphatic rings. The second kappa shape index (κ2) is 4.89. The third-order valence-corrected chi connectivity index (χ3v) is 2.95. The summed E-state index contributed by atoms with van der Waals surface area (Å²) in [4.78, 5) is 9.35. The summed E-state index contributed by atoms with van der Waals surface area (Å²) in [5.41, 5.74) is 4.19. The predicted molar refractivity (Wildman–Crippen MR) is 75.5 cm³/mol. The summed E-state index contributed by atoms with van der Waals surface area (Å²) < 4.78 is 0. The van der Waals surface area contributed by atoms with Crippen LogP contribution < -0.4 is 0 Å². The third kappa shape index (κ3) is 2.76. The van der Waals surface area contributed by atoms with E-state index >= 15 is 0 Å². The Kier molecular flexibility index (Phi) is 3.46. The highest BCUT2D eigenvalue weighted by atomic mass is 14.8. The normalized spacial score (nSPS) is 11.6. The first-order chi connectivity index (χ1) is 8.50. The fraction of sp³-hybridized carbons (Fsp3) is 0.375. The van der Waals surface area contributed by atoms with Gasteiger partial charge >= 0.3 is 0 Å². The van der Waals surface area contributed by atoms with Crippen LogP contribution >= 0.6 is 0 Å². The average Bonchev–Trinajstić information content (AvgIpc) is 2.38. The van der Waals surface area contributed by atoms with Gasteiger partial charge in [-0.15, -0.1) is 0 Å². The van der Waals surface area contributed by atoms with E-state index in [0.717, 1.165) is 29.2 Å². The van der Waals surface area contributed by atoms with Crippen LogP contribution in [0.4, 0.5) is 0 Å². The molecule has 2 nitrogen and oxygen atoms in total. The predicted octanol–water partition coefficient (Wildman–Crippen LogP) is 4.00.